The van der Waals surface area contributed by atoms with Gasteiger partial charge in [0.1, 0.15) is 11.8 Å². The second kappa shape index (κ2) is 10.3. The summed E-state index contributed by atoms with van der Waals surface area (Å²) >= 11 is 12.3. The predicted molar refractivity (Wildman–Crippen MR) is 142 cm³/mol. The summed E-state index contributed by atoms with van der Waals surface area (Å²) in [6, 6.07) is 6.94. The Morgan fingerprint density at radius 1 is 1.14 bits per heavy atom. The molecule has 0 spiro atoms. The van der Waals surface area contributed by atoms with Crippen LogP contribution in [-0.2, 0) is 9.59 Å². The molecule has 2 amide bonds. The van der Waals surface area contributed by atoms with E-state index >= 15 is 0 Å². The Bertz CT molecular complexity index is 1210. The summed E-state index contributed by atoms with van der Waals surface area (Å²) in [5.74, 6) is -1.28. The van der Waals surface area contributed by atoms with Crippen LogP contribution >= 0.6 is 23.2 Å². The average molecular weight is 550 g/mol. The molecule has 3 N–H and O–H groups in total. The highest BCUT2D eigenvalue weighted by Crippen LogP contribution is 2.41. The van der Waals surface area contributed by atoms with E-state index in [1.807, 2.05) is 0 Å². The zero-order valence-electron chi connectivity index (χ0n) is 21.4. The fourth-order valence-electron chi connectivity index (χ4n) is 5.56. The molecule has 1 aliphatic heterocycles. The van der Waals surface area contributed by atoms with Crippen LogP contribution in [0.4, 0.5) is 0 Å². The number of carboxylic acid groups (broad SMARTS) is 1. The van der Waals surface area contributed by atoms with E-state index in [4.69, 9.17) is 27.6 Å². The molecule has 1 saturated heterocycles. The number of nitrogens with zero attached hydrogens (tertiary/aromatic N) is 1. The molecule has 0 radical (unpaired) electrons. The molecule has 2 fully saturated rings. The number of aliphatic carboxylic acids is 1. The van der Waals surface area contributed by atoms with Crippen LogP contribution in [0.5, 0.6) is 0 Å². The zero-order chi connectivity index (χ0) is 27.1. The van der Waals surface area contributed by atoms with E-state index in [9.17, 15) is 19.5 Å². The lowest BCUT2D eigenvalue weighted by Gasteiger charge is -2.47. The molecule has 1 unspecified atom stereocenters. The van der Waals surface area contributed by atoms with Gasteiger partial charge in [0.2, 0.25) is 5.91 Å². The predicted octanol–water partition coefficient (Wildman–Crippen LogP) is 4.98. The van der Waals surface area contributed by atoms with Crippen LogP contribution in [-0.4, -0.2) is 58.0 Å². The maximum Gasteiger partial charge on any atom is 0.311 e. The molecule has 10 heteroatoms. The molecule has 2 heterocycles. The quantitative estimate of drug-likeness (QED) is 0.468. The SMILES string of the molecule is CC(C)(C)N[C@@H]1CC[C@H](N2CCC(NC(=O)c3ccc(-c4cc(Cl)ccc4Cl)o3)C2=O)[C@](C)(C(=O)O)C1. The van der Waals surface area contributed by atoms with Gasteiger partial charge in [-0.15, -0.1) is 0 Å². The van der Waals surface area contributed by atoms with Crippen molar-refractivity contribution in [1.82, 2.24) is 15.5 Å². The van der Waals surface area contributed by atoms with Crippen molar-refractivity contribution in [2.24, 2.45) is 5.41 Å². The summed E-state index contributed by atoms with van der Waals surface area (Å²) < 4.78 is 5.71. The third kappa shape index (κ3) is 5.81. The highest BCUT2D eigenvalue weighted by atomic mass is 35.5. The van der Waals surface area contributed by atoms with Crippen LogP contribution in [0.1, 0.15) is 63.9 Å². The summed E-state index contributed by atoms with van der Waals surface area (Å²) in [5.41, 5.74) is -0.678. The molecule has 1 aromatic heterocycles. The normalized spacial score (nSPS) is 26.4. The summed E-state index contributed by atoms with van der Waals surface area (Å²) in [4.78, 5) is 40.3. The maximum atomic E-state index is 13.3. The number of carbonyl (C=O) groups is 3. The molecule has 2 aromatic rings. The van der Waals surface area contributed by atoms with Gasteiger partial charge in [-0.2, -0.15) is 0 Å². The second-order valence-corrected chi connectivity index (χ2v) is 12.1. The molecule has 4 rings (SSSR count). The van der Waals surface area contributed by atoms with Gasteiger partial charge in [0.25, 0.3) is 5.91 Å². The Labute approximate surface area is 226 Å². The minimum Gasteiger partial charge on any atom is -0.481 e. The smallest absolute Gasteiger partial charge is 0.311 e. The van der Waals surface area contributed by atoms with Crippen LogP contribution < -0.4 is 10.6 Å². The first kappa shape index (κ1) is 27.5. The Balaban J connectivity index is 1.44. The number of furan rings is 1. The van der Waals surface area contributed by atoms with Crippen LogP contribution in [0.25, 0.3) is 11.3 Å². The lowest BCUT2D eigenvalue weighted by atomic mass is 9.68. The van der Waals surface area contributed by atoms with E-state index in [2.05, 4.69) is 31.4 Å². The number of carboxylic acids is 1. The van der Waals surface area contributed by atoms with E-state index in [0.717, 1.165) is 6.42 Å². The van der Waals surface area contributed by atoms with Crippen molar-refractivity contribution in [3.8, 4) is 11.3 Å². The lowest BCUT2D eigenvalue weighted by molar-refractivity contribution is -0.158. The van der Waals surface area contributed by atoms with E-state index in [1.54, 1.807) is 36.1 Å². The van der Waals surface area contributed by atoms with Crippen LogP contribution in [0.2, 0.25) is 10.0 Å². The van der Waals surface area contributed by atoms with Gasteiger partial charge in [0, 0.05) is 34.8 Å². The van der Waals surface area contributed by atoms with Crippen molar-refractivity contribution in [3.05, 3.63) is 46.1 Å². The number of amides is 2. The third-order valence-corrected chi connectivity index (χ3v) is 7.83. The summed E-state index contributed by atoms with van der Waals surface area (Å²) in [5, 5.41) is 17.3. The highest BCUT2D eigenvalue weighted by Gasteiger charge is 2.52. The summed E-state index contributed by atoms with van der Waals surface area (Å²) in [6.45, 7) is 8.28. The van der Waals surface area contributed by atoms with Crippen molar-refractivity contribution >= 4 is 41.0 Å². The van der Waals surface area contributed by atoms with Crippen LogP contribution in [0.3, 0.4) is 0 Å². The molecule has 8 nitrogen and oxygen atoms in total. The van der Waals surface area contributed by atoms with E-state index in [-0.39, 0.29) is 23.2 Å². The molecule has 4 atom stereocenters. The van der Waals surface area contributed by atoms with Gasteiger partial charge in [-0.25, -0.2) is 0 Å². The van der Waals surface area contributed by atoms with Crippen molar-refractivity contribution in [1.29, 1.82) is 0 Å². The van der Waals surface area contributed by atoms with Gasteiger partial charge >= 0.3 is 5.97 Å². The van der Waals surface area contributed by atoms with E-state index < -0.39 is 29.4 Å². The Morgan fingerprint density at radius 2 is 1.86 bits per heavy atom. The number of carbonyl (C=O) groups excluding carboxylic acids is 2. The van der Waals surface area contributed by atoms with Crippen molar-refractivity contribution < 1.29 is 23.9 Å². The Kier molecular flexibility index (Phi) is 7.66. The molecule has 37 heavy (non-hydrogen) atoms. The van der Waals surface area contributed by atoms with Gasteiger partial charge in [0.15, 0.2) is 5.76 Å². The van der Waals surface area contributed by atoms with Crippen molar-refractivity contribution in [2.45, 2.75) is 77.0 Å². The fourth-order valence-corrected chi connectivity index (χ4v) is 5.94. The molecule has 1 saturated carbocycles. The van der Waals surface area contributed by atoms with Gasteiger partial charge in [-0.05, 0) is 83.7 Å². The monoisotopic (exact) mass is 549 g/mol. The van der Waals surface area contributed by atoms with Crippen LogP contribution in [0, 0.1) is 5.41 Å². The number of rotatable bonds is 6. The average Bonchev–Trinajstić information content (AvgIpc) is 3.42. The minimum atomic E-state index is -1.10. The molecule has 0 bridgehead atoms. The number of likely N-dealkylation sites (tertiary alicyclic amines) is 1. The first-order valence-corrected chi connectivity index (χ1v) is 13.2. The van der Waals surface area contributed by atoms with Crippen molar-refractivity contribution in [2.75, 3.05) is 6.54 Å². The molecule has 1 aliphatic carbocycles. The van der Waals surface area contributed by atoms with Crippen LogP contribution in [0.15, 0.2) is 34.7 Å². The van der Waals surface area contributed by atoms with E-state index in [1.165, 1.54) is 6.07 Å². The Morgan fingerprint density at radius 3 is 2.54 bits per heavy atom. The van der Waals surface area contributed by atoms with Gasteiger partial charge in [-0.3, -0.25) is 14.4 Å². The minimum absolute atomic E-state index is 0.0430. The lowest BCUT2D eigenvalue weighted by Crippen LogP contribution is -2.59. The third-order valence-electron chi connectivity index (χ3n) is 7.27. The largest absolute Gasteiger partial charge is 0.481 e. The number of benzene rings is 1. The standard InChI is InChI=1S/C27H33Cl2N3O5/c1-26(2,3)31-16-6-10-22(27(4,14-16)25(35)36)32-12-11-19(24(32)34)30-23(33)21-9-8-20(37-21)17-13-15(28)5-7-18(17)29/h5,7-9,13,16,19,22,31H,6,10-12,14H2,1-4H3,(H,30,33)(H,35,36)/t16-,19?,22+,27-/m1/s1. The molecule has 1 aromatic carbocycles. The molecular formula is C27H33Cl2N3O5. The Hall–Kier alpha value is -2.55. The fraction of sp³-hybridized carbons (Fsp3) is 0.519. The first-order valence-electron chi connectivity index (χ1n) is 12.5. The van der Waals surface area contributed by atoms with Gasteiger partial charge in [0.05, 0.1) is 10.4 Å². The molecule has 200 valence electrons. The highest BCUT2D eigenvalue weighted by molar-refractivity contribution is 6.35. The van der Waals surface area contributed by atoms with E-state index in [0.29, 0.717) is 47.2 Å². The first-order chi connectivity index (χ1) is 17.3. The maximum absolute atomic E-state index is 13.3. The zero-order valence-corrected chi connectivity index (χ0v) is 22.9. The summed E-state index contributed by atoms with van der Waals surface area (Å²) in [6.07, 6.45) is 2.16. The number of hydrogen-bond donors (Lipinski definition) is 3. The van der Waals surface area contributed by atoms with Gasteiger partial charge < -0.3 is 25.1 Å². The van der Waals surface area contributed by atoms with Crippen molar-refractivity contribution in [3.63, 3.8) is 0 Å². The molecule has 2 aliphatic rings. The summed E-state index contributed by atoms with van der Waals surface area (Å²) in [7, 11) is 0. The number of hydrogen-bond acceptors (Lipinski definition) is 5. The topological polar surface area (TPSA) is 112 Å². The number of halogens is 2. The second-order valence-electron chi connectivity index (χ2n) is 11.2. The van der Waals surface area contributed by atoms with Gasteiger partial charge in [-0.1, -0.05) is 23.2 Å². The molecular weight excluding hydrogens is 517 g/mol. The number of nitrogens with one attached hydrogen (secondary N) is 2.